The molecule has 0 unspecified atom stereocenters. The molecule has 0 saturated heterocycles. The number of rotatable bonds is 5. The standard InChI is InChI=1S/C19H18N6O3/c1-28-13-7-8-16-14(9-13)15(10-18(26)21-16)19(27)20-11-17-22-23-24-25(17)12-5-3-2-4-6-12/h2-9,15H,10-11H2,1H3,(H,20,27)(H,21,26)/t15-/m1/s1. The number of amides is 2. The van der Waals surface area contributed by atoms with Gasteiger partial charge in [0, 0.05) is 12.1 Å². The van der Waals surface area contributed by atoms with E-state index in [-0.39, 0.29) is 24.8 Å². The number of nitrogens with one attached hydrogen (secondary N) is 2. The Morgan fingerprint density at radius 3 is 2.89 bits per heavy atom. The molecule has 1 aliphatic rings. The molecule has 1 aliphatic heterocycles. The topological polar surface area (TPSA) is 111 Å². The predicted octanol–water partition coefficient (Wildman–Crippen LogP) is 1.41. The second kappa shape index (κ2) is 7.47. The van der Waals surface area contributed by atoms with Gasteiger partial charge in [0.2, 0.25) is 11.8 Å². The Morgan fingerprint density at radius 1 is 1.29 bits per heavy atom. The highest BCUT2D eigenvalue weighted by Crippen LogP contribution is 2.35. The summed E-state index contributed by atoms with van der Waals surface area (Å²) in [4.78, 5) is 24.8. The number of anilines is 1. The normalized spacial score (nSPS) is 15.5. The first-order valence-corrected chi connectivity index (χ1v) is 8.74. The molecule has 2 aromatic carbocycles. The zero-order chi connectivity index (χ0) is 19.5. The highest BCUT2D eigenvalue weighted by molar-refractivity contribution is 6.01. The van der Waals surface area contributed by atoms with Gasteiger partial charge >= 0.3 is 0 Å². The molecule has 0 fully saturated rings. The van der Waals surface area contributed by atoms with Gasteiger partial charge in [-0.15, -0.1) is 5.10 Å². The Bertz CT molecular complexity index is 1020. The number of para-hydroxylation sites is 1. The molecular formula is C19H18N6O3. The van der Waals surface area contributed by atoms with Crippen LogP contribution in [0.3, 0.4) is 0 Å². The second-order valence-electron chi connectivity index (χ2n) is 6.32. The van der Waals surface area contributed by atoms with E-state index < -0.39 is 5.92 Å². The zero-order valence-electron chi connectivity index (χ0n) is 15.1. The molecule has 2 N–H and O–H groups in total. The molecule has 0 aliphatic carbocycles. The van der Waals surface area contributed by atoms with E-state index >= 15 is 0 Å². The Labute approximate surface area is 160 Å². The Hall–Kier alpha value is -3.75. The van der Waals surface area contributed by atoms with Gasteiger partial charge in [0.1, 0.15) is 5.75 Å². The van der Waals surface area contributed by atoms with E-state index in [1.165, 1.54) is 0 Å². The fraction of sp³-hybridized carbons (Fsp3) is 0.211. The molecule has 142 valence electrons. The van der Waals surface area contributed by atoms with Gasteiger partial charge in [-0.05, 0) is 46.3 Å². The molecule has 2 heterocycles. The molecule has 0 spiro atoms. The summed E-state index contributed by atoms with van der Waals surface area (Å²) in [7, 11) is 1.56. The van der Waals surface area contributed by atoms with Crippen LogP contribution in [0, 0.1) is 0 Å². The van der Waals surface area contributed by atoms with E-state index in [1.807, 2.05) is 30.3 Å². The van der Waals surface area contributed by atoms with Gasteiger partial charge in [0.05, 0.1) is 25.3 Å². The van der Waals surface area contributed by atoms with E-state index in [0.29, 0.717) is 17.3 Å². The van der Waals surface area contributed by atoms with Gasteiger partial charge in [0.25, 0.3) is 0 Å². The average Bonchev–Trinajstić information content (AvgIpc) is 3.20. The highest BCUT2D eigenvalue weighted by Gasteiger charge is 2.31. The van der Waals surface area contributed by atoms with Gasteiger partial charge in [0.15, 0.2) is 5.82 Å². The molecule has 3 aromatic rings. The number of benzene rings is 2. The van der Waals surface area contributed by atoms with Crippen LogP contribution < -0.4 is 15.4 Å². The van der Waals surface area contributed by atoms with Crippen molar-refractivity contribution in [1.29, 1.82) is 0 Å². The third-order valence-electron chi connectivity index (χ3n) is 4.57. The maximum absolute atomic E-state index is 12.8. The minimum atomic E-state index is -0.611. The summed E-state index contributed by atoms with van der Waals surface area (Å²) >= 11 is 0. The van der Waals surface area contributed by atoms with Crippen LogP contribution in [0.4, 0.5) is 5.69 Å². The fourth-order valence-electron chi connectivity index (χ4n) is 3.18. The number of carbonyl (C=O) groups excluding carboxylic acids is 2. The first kappa shape index (κ1) is 17.7. The Balaban J connectivity index is 1.53. The Morgan fingerprint density at radius 2 is 2.11 bits per heavy atom. The third kappa shape index (κ3) is 3.41. The van der Waals surface area contributed by atoms with Gasteiger partial charge in [-0.3, -0.25) is 9.59 Å². The largest absolute Gasteiger partial charge is 0.497 e. The van der Waals surface area contributed by atoms with Crippen molar-refractivity contribution < 1.29 is 14.3 Å². The summed E-state index contributed by atoms with van der Waals surface area (Å²) in [5.41, 5.74) is 2.13. The van der Waals surface area contributed by atoms with Crippen molar-refractivity contribution in [3.05, 3.63) is 59.9 Å². The second-order valence-corrected chi connectivity index (χ2v) is 6.32. The van der Waals surface area contributed by atoms with Crippen LogP contribution in [0.2, 0.25) is 0 Å². The summed E-state index contributed by atoms with van der Waals surface area (Å²) in [5, 5.41) is 17.3. The monoisotopic (exact) mass is 378 g/mol. The number of hydrogen-bond acceptors (Lipinski definition) is 6. The fourth-order valence-corrected chi connectivity index (χ4v) is 3.18. The number of fused-ring (bicyclic) bond motifs is 1. The molecule has 9 heteroatoms. The van der Waals surface area contributed by atoms with Gasteiger partial charge in [-0.25, -0.2) is 0 Å². The number of aromatic nitrogens is 4. The molecule has 0 saturated carbocycles. The van der Waals surface area contributed by atoms with Crippen LogP contribution in [0.25, 0.3) is 5.69 Å². The first-order chi connectivity index (χ1) is 13.7. The number of ether oxygens (including phenoxy) is 1. The van der Waals surface area contributed by atoms with Crippen LogP contribution in [-0.4, -0.2) is 39.1 Å². The number of tetrazole rings is 1. The summed E-state index contributed by atoms with van der Waals surface area (Å²) in [6.45, 7) is 0.137. The molecule has 0 bridgehead atoms. The molecule has 9 nitrogen and oxygen atoms in total. The Kier molecular flexibility index (Phi) is 4.71. The lowest BCUT2D eigenvalue weighted by molar-refractivity contribution is -0.126. The molecular weight excluding hydrogens is 360 g/mol. The lowest BCUT2D eigenvalue weighted by Crippen LogP contribution is -2.35. The molecule has 1 atom stereocenters. The minimum Gasteiger partial charge on any atom is -0.497 e. The summed E-state index contributed by atoms with van der Waals surface area (Å²) < 4.78 is 6.80. The van der Waals surface area contributed by atoms with Crippen LogP contribution in [0.1, 0.15) is 23.7 Å². The van der Waals surface area contributed by atoms with Gasteiger partial charge in [-0.1, -0.05) is 18.2 Å². The van der Waals surface area contributed by atoms with Gasteiger partial charge in [-0.2, -0.15) is 4.68 Å². The SMILES string of the molecule is COc1ccc2c(c1)[C@H](C(=O)NCc1nnnn1-c1ccccc1)CC(=O)N2. The first-order valence-electron chi connectivity index (χ1n) is 8.74. The van der Waals surface area contributed by atoms with Crippen molar-refractivity contribution in [2.45, 2.75) is 18.9 Å². The number of hydrogen-bond donors (Lipinski definition) is 2. The van der Waals surface area contributed by atoms with Crippen molar-refractivity contribution in [3.63, 3.8) is 0 Å². The smallest absolute Gasteiger partial charge is 0.228 e. The van der Waals surface area contributed by atoms with Crippen LogP contribution >= 0.6 is 0 Å². The molecule has 4 rings (SSSR count). The van der Waals surface area contributed by atoms with Gasteiger partial charge < -0.3 is 15.4 Å². The van der Waals surface area contributed by atoms with Crippen LogP contribution in [0.5, 0.6) is 5.75 Å². The molecule has 0 radical (unpaired) electrons. The summed E-state index contributed by atoms with van der Waals surface area (Å²) in [5.74, 6) is 0.0326. The molecule has 28 heavy (non-hydrogen) atoms. The van der Waals surface area contributed by atoms with E-state index in [4.69, 9.17) is 4.74 Å². The van der Waals surface area contributed by atoms with Crippen molar-refractivity contribution in [2.75, 3.05) is 12.4 Å². The quantitative estimate of drug-likeness (QED) is 0.694. The highest BCUT2D eigenvalue weighted by atomic mass is 16.5. The number of methoxy groups -OCH3 is 1. The maximum atomic E-state index is 12.8. The van der Waals surface area contributed by atoms with E-state index in [2.05, 4.69) is 26.2 Å². The van der Waals surface area contributed by atoms with Crippen molar-refractivity contribution in [2.24, 2.45) is 0 Å². The maximum Gasteiger partial charge on any atom is 0.228 e. The average molecular weight is 378 g/mol. The predicted molar refractivity (Wildman–Crippen MR) is 100.0 cm³/mol. The van der Waals surface area contributed by atoms with E-state index in [0.717, 1.165) is 11.3 Å². The van der Waals surface area contributed by atoms with E-state index in [1.54, 1.807) is 30.0 Å². The van der Waals surface area contributed by atoms with Crippen molar-refractivity contribution in [1.82, 2.24) is 25.5 Å². The van der Waals surface area contributed by atoms with Crippen LogP contribution in [0.15, 0.2) is 48.5 Å². The van der Waals surface area contributed by atoms with Crippen molar-refractivity contribution in [3.8, 4) is 11.4 Å². The number of carbonyl (C=O) groups is 2. The molecule has 1 aromatic heterocycles. The van der Waals surface area contributed by atoms with Crippen molar-refractivity contribution >= 4 is 17.5 Å². The lowest BCUT2D eigenvalue weighted by atomic mass is 9.89. The summed E-state index contributed by atoms with van der Waals surface area (Å²) in [6.07, 6.45) is 0.0651. The summed E-state index contributed by atoms with van der Waals surface area (Å²) in [6, 6.07) is 14.6. The third-order valence-corrected chi connectivity index (χ3v) is 4.57. The lowest BCUT2D eigenvalue weighted by Gasteiger charge is -2.25. The minimum absolute atomic E-state index is 0.0651. The zero-order valence-corrected chi connectivity index (χ0v) is 15.1. The van der Waals surface area contributed by atoms with Crippen LogP contribution in [-0.2, 0) is 16.1 Å². The number of nitrogens with zero attached hydrogens (tertiary/aromatic N) is 4. The molecule has 2 amide bonds. The van der Waals surface area contributed by atoms with E-state index in [9.17, 15) is 9.59 Å².